The van der Waals surface area contributed by atoms with Gasteiger partial charge in [0.15, 0.2) is 12.3 Å². The Morgan fingerprint density at radius 2 is 1.39 bits per heavy atom. The third kappa shape index (κ3) is 29.4. The van der Waals surface area contributed by atoms with Crippen LogP contribution in [0.25, 0.3) is 0 Å². The Labute approximate surface area is 407 Å². The second-order valence-electron chi connectivity index (χ2n) is 16.8. The van der Waals surface area contributed by atoms with Gasteiger partial charge in [0.1, 0.15) is 30.7 Å². The van der Waals surface area contributed by atoms with E-state index in [1.807, 2.05) is 18.2 Å². The minimum Gasteiger partial charge on any atom is -0.462 e. The molecule has 7 N–H and O–H groups in total. The van der Waals surface area contributed by atoms with E-state index in [-0.39, 0.29) is 18.7 Å². The van der Waals surface area contributed by atoms with E-state index >= 15 is 0 Å². The molecule has 1 aliphatic rings. The molecule has 21 heteroatoms. The predicted octanol–water partition coefficient (Wildman–Crippen LogP) is 8.52. The maximum Gasteiger partial charge on any atom is 0.481 e. The van der Waals surface area contributed by atoms with Crippen LogP contribution in [0.3, 0.4) is 0 Å². The van der Waals surface area contributed by atoms with Gasteiger partial charge < -0.3 is 45.1 Å². The van der Waals surface area contributed by atoms with Crippen LogP contribution >= 0.6 is 15.6 Å². The number of phosphoric acid groups is 2. The number of aliphatic hydroxyl groups is 3. The molecule has 0 aliphatic carbocycles. The molecule has 3 unspecified atom stereocenters. The number of aliphatic hydroxyl groups excluding tert-OH is 3. The largest absolute Gasteiger partial charge is 0.481 e. The highest BCUT2D eigenvalue weighted by Crippen LogP contribution is 2.60. The van der Waals surface area contributed by atoms with Gasteiger partial charge >= 0.3 is 33.3 Å². The van der Waals surface area contributed by atoms with E-state index in [1.165, 1.54) is 25.3 Å². The van der Waals surface area contributed by atoms with Crippen molar-refractivity contribution in [2.75, 3.05) is 25.6 Å². The number of nitrogens with two attached hydrogens (primary N) is 1. The van der Waals surface area contributed by atoms with E-state index < -0.39 is 89.8 Å². The number of anilines is 1. The first-order valence-electron chi connectivity index (χ1n) is 24.4. The van der Waals surface area contributed by atoms with Gasteiger partial charge in [-0.15, -0.1) is 0 Å². The average molecular weight is 1020 g/mol. The Balaban J connectivity index is 1.85. The van der Waals surface area contributed by atoms with Crippen LogP contribution in [0.5, 0.6) is 0 Å². The van der Waals surface area contributed by atoms with Crippen LogP contribution in [0.2, 0.25) is 0 Å². The molecule has 1 fully saturated rings. The Morgan fingerprint density at radius 1 is 0.783 bits per heavy atom. The molecule has 1 aliphatic heterocycles. The summed E-state index contributed by atoms with van der Waals surface area (Å²) in [7, 11) is -10.9. The number of esters is 2. The SMILES string of the molecule is CC/C=C/C/C=C/C=C/C(O)CCCCCCCC(=O)O[C@H](COC(=O)CCCCCCC/C=C\C/C=C\CCCCC)COP(=O)(O)OP(=O)(O)OC[C@H]1O[C@@H](n2ccc(N)nc2=O)[C@H](O)[C@@H]1O. The zero-order valence-corrected chi connectivity index (χ0v) is 42.2. The second kappa shape index (κ2) is 36.4. The van der Waals surface area contributed by atoms with E-state index in [4.69, 9.17) is 29.0 Å². The lowest BCUT2D eigenvalue weighted by Crippen LogP contribution is -2.36. The predicted molar refractivity (Wildman–Crippen MR) is 262 cm³/mol. The van der Waals surface area contributed by atoms with Crippen molar-refractivity contribution in [3.8, 4) is 0 Å². The summed E-state index contributed by atoms with van der Waals surface area (Å²) in [6.45, 7) is 1.87. The van der Waals surface area contributed by atoms with Gasteiger partial charge in [0.25, 0.3) is 0 Å². The molecular weight excluding hydrogens is 936 g/mol. The van der Waals surface area contributed by atoms with Gasteiger partial charge in [0.05, 0.1) is 19.3 Å². The number of ether oxygens (including phenoxy) is 3. The van der Waals surface area contributed by atoms with E-state index in [9.17, 15) is 48.6 Å². The lowest BCUT2D eigenvalue weighted by atomic mass is 10.1. The number of hydrogen-bond donors (Lipinski definition) is 6. The van der Waals surface area contributed by atoms with Crippen LogP contribution in [-0.4, -0.2) is 96.9 Å². The van der Waals surface area contributed by atoms with Gasteiger partial charge in [-0.05, 0) is 70.3 Å². The van der Waals surface area contributed by atoms with Crippen LogP contribution in [0.4, 0.5) is 5.82 Å². The van der Waals surface area contributed by atoms with Crippen molar-refractivity contribution in [2.24, 2.45) is 0 Å². The molecule has 1 aromatic rings. The highest BCUT2D eigenvalue weighted by Gasteiger charge is 2.46. The first kappa shape index (κ1) is 61.5. The maximum absolute atomic E-state index is 12.8. The van der Waals surface area contributed by atoms with Crippen molar-refractivity contribution in [2.45, 2.75) is 185 Å². The van der Waals surface area contributed by atoms with Crippen LogP contribution in [0.15, 0.2) is 77.8 Å². The monoisotopic (exact) mass is 1020 g/mol. The van der Waals surface area contributed by atoms with Crippen LogP contribution in [-0.2, 0) is 46.3 Å². The summed E-state index contributed by atoms with van der Waals surface area (Å²) >= 11 is 0. The number of phosphoric ester groups is 2. The lowest BCUT2D eigenvalue weighted by Gasteiger charge is -2.21. The van der Waals surface area contributed by atoms with Gasteiger partial charge in [-0.3, -0.25) is 23.2 Å². The molecule has 0 spiro atoms. The van der Waals surface area contributed by atoms with E-state index in [0.717, 1.165) is 87.8 Å². The number of rotatable bonds is 39. The Morgan fingerprint density at radius 3 is 2.07 bits per heavy atom. The van der Waals surface area contributed by atoms with Gasteiger partial charge in [-0.1, -0.05) is 132 Å². The standard InChI is InChI=1S/C48H79N3O16P2/c1-3-5-7-9-11-12-13-14-15-16-17-18-20-24-28-32-43(53)62-36-40(65-44(54)33-29-25-21-23-27-31-39(52)30-26-22-19-10-8-6-4-2)37-63-68(58,59)67-69(60,61)64-38-41-45(55)46(56)47(66-41)51-35-34-42(49)50-48(51)57/h6,8,11-12,14-15,19,22,26,30,34-35,39-41,45-47,52,55-56H,3-5,7,9-10,13,16-18,20-21,23-25,27-29,31-33,36-38H2,1-2H3,(H,58,59)(H,60,61)(H2,49,50,57)/b8-6+,12-11-,15-14-,22-19+,30-26+/t39?,40-,41-,45-,46-,47-/m1/s1. The average Bonchev–Trinajstić information content (AvgIpc) is 3.58. The number of allylic oxidation sites excluding steroid dienone is 9. The van der Waals surface area contributed by atoms with Crippen molar-refractivity contribution >= 4 is 33.4 Å². The molecule has 19 nitrogen and oxygen atoms in total. The molecule has 0 aromatic carbocycles. The summed E-state index contributed by atoms with van der Waals surface area (Å²) in [5.74, 6) is -1.40. The number of aromatic nitrogens is 2. The quantitative estimate of drug-likeness (QED) is 0.0118. The van der Waals surface area contributed by atoms with Gasteiger partial charge in [0.2, 0.25) is 0 Å². The van der Waals surface area contributed by atoms with Gasteiger partial charge in [-0.2, -0.15) is 9.29 Å². The van der Waals surface area contributed by atoms with Crippen molar-refractivity contribution in [3.63, 3.8) is 0 Å². The molecule has 0 saturated carbocycles. The van der Waals surface area contributed by atoms with Crippen LogP contribution in [0.1, 0.15) is 155 Å². The Kier molecular flexibility index (Phi) is 32.4. The Hall–Kier alpha value is -3.58. The number of nitrogens with zero attached hydrogens (tertiary/aromatic N) is 2. The third-order valence-electron chi connectivity index (χ3n) is 10.7. The molecule has 8 atom stereocenters. The molecule has 0 radical (unpaired) electrons. The summed E-state index contributed by atoms with van der Waals surface area (Å²) < 4.78 is 56.6. The van der Waals surface area contributed by atoms with Crippen molar-refractivity contribution < 1.29 is 71.4 Å². The molecule has 392 valence electrons. The van der Waals surface area contributed by atoms with Crippen LogP contribution in [0, 0.1) is 0 Å². The van der Waals surface area contributed by atoms with E-state index in [1.54, 1.807) is 6.08 Å². The number of hydrogen-bond acceptors (Lipinski definition) is 16. The van der Waals surface area contributed by atoms with Crippen molar-refractivity contribution in [1.29, 1.82) is 0 Å². The first-order valence-corrected chi connectivity index (χ1v) is 27.4. The topological polar surface area (TPSA) is 286 Å². The highest BCUT2D eigenvalue weighted by atomic mass is 31.3. The van der Waals surface area contributed by atoms with Crippen molar-refractivity contribution in [1.82, 2.24) is 9.55 Å². The van der Waals surface area contributed by atoms with Crippen LogP contribution < -0.4 is 11.4 Å². The summed E-state index contributed by atoms with van der Waals surface area (Å²) in [5.41, 5.74) is 4.57. The lowest BCUT2D eigenvalue weighted by molar-refractivity contribution is -0.161. The molecule has 2 rings (SSSR count). The third-order valence-corrected chi connectivity index (χ3v) is 13.3. The highest BCUT2D eigenvalue weighted by molar-refractivity contribution is 7.61. The molecule has 0 amide bonds. The summed E-state index contributed by atoms with van der Waals surface area (Å²) in [6, 6.07) is 1.24. The zero-order chi connectivity index (χ0) is 50.8. The molecule has 69 heavy (non-hydrogen) atoms. The fourth-order valence-corrected chi connectivity index (χ4v) is 8.99. The number of carbonyl (C=O) groups is 2. The van der Waals surface area contributed by atoms with Gasteiger partial charge in [0, 0.05) is 19.0 Å². The normalized spacial score (nSPS) is 20.3. The number of unbranched alkanes of at least 4 members (excludes halogenated alkanes) is 12. The number of nitrogen functional groups attached to an aromatic ring is 1. The minimum absolute atomic E-state index is 0.0252. The summed E-state index contributed by atoms with van der Waals surface area (Å²) in [5, 5.41) is 31.1. The zero-order valence-electron chi connectivity index (χ0n) is 40.5. The fourth-order valence-electron chi connectivity index (χ4n) is 6.88. The summed E-state index contributed by atoms with van der Waals surface area (Å²) in [6.07, 6.45) is 30.3. The fraction of sp³-hybridized carbons (Fsp3) is 0.667. The molecule has 1 saturated heterocycles. The Bertz CT molecular complexity index is 1910. The van der Waals surface area contributed by atoms with E-state index in [0.29, 0.717) is 25.7 Å². The first-order chi connectivity index (χ1) is 33.1. The smallest absolute Gasteiger partial charge is 0.462 e. The van der Waals surface area contributed by atoms with E-state index in [2.05, 4.69) is 59.6 Å². The number of carbonyl (C=O) groups excluding carboxylic acids is 2. The molecule has 2 heterocycles. The molecular formula is C48H79N3O16P2. The molecule has 0 bridgehead atoms. The van der Waals surface area contributed by atoms with Crippen molar-refractivity contribution in [3.05, 3.63) is 83.5 Å². The van der Waals surface area contributed by atoms with Gasteiger partial charge in [-0.25, -0.2) is 13.9 Å². The minimum atomic E-state index is -5.45. The summed E-state index contributed by atoms with van der Waals surface area (Å²) in [4.78, 5) is 61.8. The maximum atomic E-state index is 12.8. The second-order valence-corrected chi connectivity index (χ2v) is 19.8. The molecule has 1 aromatic heterocycles.